The fourth-order valence-corrected chi connectivity index (χ4v) is 3.17. The molecule has 8 nitrogen and oxygen atoms in total. The summed E-state index contributed by atoms with van der Waals surface area (Å²) in [5.74, 6) is 0.440. The van der Waals surface area contributed by atoms with Gasteiger partial charge >= 0.3 is 0 Å². The van der Waals surface area contributed by atoms with Gasteiger partial charge in [0.1, 0.15) is 12.0 Å². The second-order valence-electron chi connectivity index (χ2n) is 6.53. The van der Waals surface area contributed by atoms with E-state index in [4.69, 9.17) is 8.83 Å². The van der Waals surface area contributed by atoms with Gasteiger partial charge in [0.2, 0.25) is 0 Å². The van der Waals surface area contributed by atoms with Crippen LogP contribution in [-0.4, -0.2) is 52.4 Å². The lowest BCUT2D eigenvalue weighted by atomic mass is 10.2. The quantitative estimate of drug-likeness (QED) is 0.686. The Hall–Kier alpha value is -3.55. The molecule has 8 heteroatoms. The number of hydrogen-bond donors (Lipinski definition) is 0. The van der Waals surface area contributed by atoms with Gasteiger partial charge < -0.3 is 23.2 Å². The Labute approximate surface area is 160 Å². The van der Waals surface area contributed by atoms with Gasteiger partial charge in [-0.1, -0.05) is 6.07 Å². The van der Waals surface area contributed by atoms with Gasteiger partial charge in [0.15, 0.2) is 5.76 Å². The minimum Gasteiger partial charge on any atom is -0.472 e. The molecule has 0 saturated carbocycles. The van der Waals surface area contributed by atoms with Crippen molar-refractivity contribution in [1.29, 1.82) is 0 Å². The predicted octanol–water partition coefficient (Wildman–Crippen LogP) is 1.68. The van der Waals surface area contributed by atoms with Gasteiger partial charge in [0.25, 0.3) is 17.4 Å². The molecule has 1 aliphatic rings. The molecule has 0 radical (unpaired) electrons. The van der Waals surface area contributed by atoms with Crippen LogP contribution < -0.4 is 5.56 Å². The highest BCUT2D eigenvalue weighted by Gasteiger charge is 2.27. The topological polar surface area (TPSA) is 88.9 Å². The van der Waals surface area contributed by atoms with Crippen molar-refractivity contribution in [2.45, 2.75) is 6.54 Å². The van der Waals surface area contributed by atoms with Gasteiger partial charge in [-0.3, -0.25) is 14.4 Å². The van der Waals surface area contributed by atoms with Crippen molar-refractivity contribution in [3.05, 3.63) is 82.6 Å². The predicted molar refractivity (Wildman–Crippen MR) is 99.0 cm³/mol. The Bertz CT molecular complexity index is 1030. The SMILES string of the molecule is O=C(c1ccoc1)N1CCN(C(=O)c2ccc(Cn3ccccc3=O)o2)CC1. The molecule has 3 aromatic rings. The minimum atomic E-state index is -0.220. The normalized spacial score (nSPS) is 14.3. The lowest BCUT2D eigenvalue weighted by molar-refractivity contribution is 0.0516. The monoisotopic (exact) mass is 381 g/mol. The smallest absolute Gasteiger partial charge is 0.289 e. The Morgan fingerprint density at radius 2 is 1.68 bits per heavy atom. The Kier molecular flexibility index (Phi) is 4.84. The third-order valence-electron chi connectivity index (χ3n) is 4.72. The molecule has 0 N–H and O–H groups in total. The average molecular weight is 381 g/mol. The van der Waals surface area contributed by atoms with Crippen molar-refractivity contribution in [3.8, 4) is 0 Å². The highest BCUT2D eigenvalue weighted by Crippen LogP contribution is 2.15. The average Bonchev–Trinajstić information content (AvgIpc) is 3.41. The van der Waals surface area contributed by atoms with Gasteiger partial charge in [-0.25, -0.2) is 0 Å². The molecule has 0 bridgehead atoms. The molecule has 0 aliphatic carbocycles. The summed E-state index contributed by atoms with van der Waals surface area (Å²) in [6.45, 7) is 2.01. The van der Waals surface area contributed by atoms with Crippen LogP contribution in [0.15, 0.2) is 68.8 Å². The maximum absolute atomic E-state index is 12.7. The first-order valence-electron chi connectivity index (χ1n) is 8.97. The number of rotatable bonds is 4. The zero-order valence-electron chi connectivity index (χ0n) is 15.1. The summed E-state index contributed by atoms with van der Waals surface area (Å²) in [4.78, 5) is 40.2. The van der Waals surface area contributed by atoms with Crippen LogP contribution in [0.1, 0.15) is 26.7 Å². The van der Waals surface area contributed by atoms with Crippen LogP contribution in [0, 0.1) is 0 Å². The number of nitrogens with zero attached hydrogens (tertiary/aromatic N) is 3. The third-order valence-corrected chi connectivity index (χ3v) is 4.72. The molecule has 0 spiro atoms. The summed E-state index contributed by atoms with van der Waals surface area (Å²) < 4.78 is 12.1. The molecular formula is C20H19N3O5. The second kappa shape index (κ2) is 7.59. The highest BCUT2D eigenvalue weighted by atomic mass is 16.4. The van der Waals surface area contributed by atoms with Crippen molar-refractivity contribution >= 4 is 11.8 Å². The lowest BCUT2D eigenvalue weighted by Crippen LogP contribution is -2.50. The standard InChI is InChI=1S/C20H19N3O5/c24-18-3-1-2-7-23(18)13-16-4-5-17(28-16)20(26)22-10-8-21(9-11-22)19(25)15-6-12-27-14-15/h1-7,12,14H,8-11,13H2. The molecule has 4 heterocycles. The first-order chi connectivity index (χ1) is 13.6. The van der Waals surface area contributed by atoms with E-state index in [2.05, 4.69) is 0 Å². The first kappa shape index (κ1) is 17.8. The van der Waals surface area contributed by atoms with E-state index in [1.165, 1.54) is 23.2 Å². The molecule has 0 aromatic carbocycles. The third kappa shape index (κ3) is 3.62. The molecule has 1 fully saturated rings. The summed E-state index contributed by atoms with van der Waals surface area (Å²) in [6.07, 6.45) is 4.55. The fourth-order valence-electron chi connectivity index (χ4n) is 3.17. The van der Waals surface area contributed by atoms with Crippen LogP contribution >= 0.6 is 0 Å². The molecule has 4 rings (SSSR count). The van der Waals surface area contributed by atoms with Crippen molar-refractivity contribution in [3.63, 3.8) is 0 Å². The van der Waals surface area contributed by atoms with Crippen molar-refractivity contribution in [2.24, 2.45) is 0 Å². The van der Waals surface area contributed by atoms with E-state index >= 15 is 0 Å². The van der Waals surface area contributed by atoms with Crippen molar-refractivity contribution in [2.75, 3.05) is 26.2 Å². The number of carbonyl (C=O) groups is 2. The molecule has 0 atom stereocenters. The van der Waals surface area contributed by atoms with Gasteiger partial charge in [-0.15, -0.1) is 0 Å². The Morgan fingerprint density at radius 1 is 0.929 bits per heavy atom. The van der Waals surface area contributed by atoms with Crippen LogP contribution in [0.25, 0.3) is 0 Å². The number of amides is 2. The molecule has 1 aliphatic heterocycles. The number of pyridine rings is 1. The molecular weight excluding hydrogens is 362 g/mol. The summed E-state index contributed by atoms with van der Waals surface area (Å²) in [5, 5.41) is 0. The highest BCUT2D eigenvalue weighted by molar-refractivity contribution is 5.94. The van der Waals surface area contributed by atoms with Gasteiger partial charge in [0.05, 0.1) is 18.4 Å². The van der Waals surface area contributed by atoms with Crippen LogP contribution in [0.2, 0.25) is 0 Å². The van der Waals surface area contributed by atoms with E-state index in [1.54, 1.807) is 46.3 Å². The summed E-state index contributed by atoms with van der Waals surface area (Å²) in [7, 11) is 0. The number of furan rings is 2. The van der Waals surface area contributed by atoms with E-state index in [9.17, 15) is 14.4 Å². The zero-order chi connectivity index (χ0) is 19.5. The summed E-state index contributed by atoms with van der Waals surface area (Å²) in [6, 6.07) is 9.86. The molecule has 28 heavy (non-hydrogen) atoms. The van der Waals surface area contributed by atoms with E-state index in [1.807, 2.05) is 0 Å². The number of aromatic nitrogens is 1. The molecule has 2 amide bonds. The van der Waals surface area contributed by atoms with Gasteiger partial charge in [-0.2, -0.15) is 0 Å². The summed E-state index contributed by atoms with van der Waals surface area (Å²) in [5.41, 5.74) is 0.372. The molecule has 144 valence electrons. The van der Waals surface area contributed by atoms with Crippen molar-refractivity contribution < 1.29 is 18.4 Å². The summed E-state index contributed by atoms with van der Waals surface area (Å²) >= 11 is 0. The van der Waals surface area contributed by atoms with E-state index in [0.29, 0.717) is 37.5 Å². The van der Waals surface area contributed by atoms with Crippen LogP contribution in [-0.2, 0) is 6.54 Å². The largest absolute Gasteiger partial charge is 0.472 e. The van der Waals surface area contributed by atoms with Crippen molar-refractivity contribution in [1.82, 2.24) is 14.4 Å². The maximum Gasteiger partial charge on any atom is 0.289 e. The number of carbonyl (C=O) groups excluding carboxylic acids is 2. The lowest BCUT2D eigenvalue weighted by Gasteiger charge is -2.34. The minimum absolute atomic E-state index is 0.102. The fraction of sp³-hybridized carbons (Fsp3) is 0.250. The zero-order valence-corrected chi connectivity index (χ0v) is 15.1. The van der Waals surface area contributed by atoms with Crippen LogP contribution in [0.4, 0.5) is 0 Å². The number of piperazine rings is 1. The number of hydrogen-bond acceptors (Lipinski definition) is 5. The van der Waals surface area contributed by atoms with Gasteiger partial charge in [0, 0.05) is 38.4 Å². The van der Waals surface area contributed by atoms with Crippen LogP contribution in [0.5, 0.6) is 0 Å². The van der Waals surface area contributed by atoms with E-state index in [0.717, 1.165) is 0 Å². The second-order valence-corrected chi connectivity index (χ2v) is 6.53. The maximum atomic E-state index is 12.7. The molecule has 3 aromatic heterocycles. The first-order valence-corrected chi connectivity index (χ1v) is 8.97. The van der Waals surface area contributed by atoms with Gasteiger partial charge in [-0.05, 0) is 24.3 Å². The molecule has 0 unspecified atom stereocenters. The Balaban J connectivity index is 1.37. The van der Waals surface area contributed by atoms with E-state index < -0.39 is 0 Å². The Morgan fingerprint density at radius 3 is 2.36 bits per heavy atom. The van der Waals surface area contributed by atoms with E-state index in [-0.39, 0.29) is 29.7 Å². The van der Waals surface area contributed by atoms with Crippen LogP contribution in [0.3, 0.4) is 0 Å². The molecule has 1 saturated heterocycles.